The molecule has 1 fully saturated rings. The second-order valence-electron chi connectivity index (χ2n) is 6.85. The lowest BCUT2D eigenvalue weighted by atomic mass is 9.99. The van der Waals surface area contributed by atoms with Crippen molar-refractivity contribution in [1.82, 2.24) is 0 Å². The Morgan fingerprint density at radius 1 is 1.19 bits per heavy atom. The fourth-order valence-corrected chi connectivity index (χ4v) is 6.58. The van der Waals surface area contributed by atoms with Crippen LogP contribution in [0.2, 0.25) is 5.02 Å². The van der Waals surface area contributed by atoms with E-state index in [0.717, 1.165) is 11.1 Å². The number of thiocarbonyl (C=S) groups is 1. The number of aryl methyl sites for hydroxylation is 1. The highest BCUT2D eigenvalue weighted by atomic mass is 35.5. The molecule has 3 rings (SSSR count). The molecule has 0 saturated heterocycles. The summed E-state index contributed by atoms with van der Waals surface area (Å²) in [4.78, 5) is 0.382. The van der Waals surface area contributed by atoms with Gasteiger partial charge in [0.15, 0.2) is 9.84 Å². The van der Waals surface area contributed by atoms with Gasteiger partial charge in [0.05, 0.1) is 27.2 Å². The van der Waals surface area contributed by atoms with Crippen molar-refractivity contribution in [1.29, 1.82) is 0 Å². The Labute approximate surface area is 170 Å². The van der Waals surface area contributed by atoms with E-state index in [2.05, 4.69) is 0 Å². The summed E-state index contributed by atoms with van der Waals surface area (Å²) >= 11 is 11.3. The Bertz CT molecular complexity index is 942. The van der Waals surface area contributed by atoms with Gasteiger partial charge in [-0.3, -0.25) is 0 Å². The van der Waals surface area contributed by atoms with Crippen LogP contribution in [0.15, 0.2) is 53.4 Å². The van der Waals surface area contributed by atoms with E-state index >= 15 is 0 Å². The minimum atomic E-state index is -3.68. The Morgan fingerprint density at radius 2 is 1.78 bits per heavy atom. The number of rotatable bonds is 7. The first-order valence-corrected chi connectivity index (χ1v) is 11.0. The zero-order chi connectivity index (χ0) is 19.8. The van der Waals surface area contributed by atoms with Gasteiger partial charge in [-0.15, -0.1) is 0 Å². The van der Waals surface area contributed by atoms with E-state index in [9.17, 15) is 8.42 Å². The van der Waals surface area contributed by atoms with Gasteiger partial charge in [-0.05, 0) is 43.7 Å². The summed E-state index contributed by atoms with van der Waals surface area (Å²) in [6.07, 6.45) is 0. The molecule has 4 nitrogen and oxygen atoms in total. The van der Waals surface area contributed by atoms with Crippen LogP contribution in [0.25, 0.3) is 0 Å². The number of sulfone groups is 1. The van der Waals surface area contributed by atoms with Crippen molar-refractivity contribution in [3.8, 4) is 0 Å². The van der Waals surface area contributed by atoms with Crippen LogP contribution >= 0.6 is 23.8 Å². The third kappa shape index (κ3) is 3.51. The molecule has 27 heavy (non-hydrogen) atoms. The molecule has 3 atom stereocenters. The largest absolute Gasteiger partial charge is 0.393 e. The molecule has 0 unspecified atom stereocenters. The molecule has 1 aliphatic carbocycles. The van der Waals surface area contributed by atoms with Gasteiger partial charge < -0.3 is 10.5 Å². The fourth-order valence-electron chi connectivity index (χ4n) is 3.69. The predicted octanol–water partition coefficient (Wildman–Crippen LogP) is 3.90. The zero-order valence-corrected chi connectivity index (χ0v) is 17.6. The van der Waals surface area contributed by atoms with Crippen LogP contribution in [0.5, 0.6) is 0 Å². The molecule has 1 aliphatic rings. The Hall–Kier alpha value is -1.47. The van der Waals surface area contributed by atoms with E-state index in [4.69, 9.17) is 34.3 Å². The molecule has 2 N–H and O–H groups in total. The van der Waals surface area contributed by atoms with Gasteiger partial charge in [-0.1, -0.05) is 53.6 Å². The molecule has 144 valence electrons. The SMILES string of the molecule is CCOC[C@@]1(C(N)=S)[C@H](c2ccc(C)cc2)[C@@H]1S(=O)(=O)c1ccc(Cl)cc1. The Balaban J connectivity index is 2.10. The number of hydrogen-bond acceptors (Lipinski definition) is 4. The van der Waals surface area contributed by atoms with E-state index in [1.54, 1.807) is 12.1 Å². The van der Waals surface area contributed by atoms with Crippen LogP contribution in [-0.2, 0) is 14.6 Å². The summed E-state index contributed by atoms with van der Waals surface area (Å²) < 4.78 is 32.5. The predicted molar refractivity (Wildman–Crippen MR) is 112 cm³/mol. The monoisotopic (exact) mass is 423 g/mol. The van der Waals surface area contributed by atoms with Crippen molar-refractivity contribution in [3.63, 3.8) is 0 Å². The molecule has 0 spiro atoms. The van der Waals surface area contributed by atoms with Crippen LogP contribution in [0.3, 0.4) is 0 Å². The van der Waals surface area contributed by atoms with Crippen LogP contribution in [0.4, 0.5) is 0 Å². The van der Waals surface area contributed by atoms with Gasteiger partial charge in [0.25, 0.3) is 0 Å². The first-order chi connectivity index (χ1) is 12.7. The van der Waals surface area contributed by atoms with Crippen molar-refractivity contribution in [2.75, 3.05) is 13.2 Å². The number of halogens is 1. The quantitative estimate of drug-likeness (QED) is 0.684. The molecule has 0 amide bonds. The second kappa shape index (κ2) is 7.51. The molecular formula is C20H22ClNO3S2. The zero-order valence-electron chi connectivity index (χ0n) is 15.2. The van der Waals surface area contributed by atoms with Crippen LogP contribution < -0.4 is 5.73 Å². The van der Waals surface area contributed by atoms with E-state index in [-0.39, 0.29) is 22.4 Å². The van der Waals surface area contributed by atoms with Crippen molar-refractivity contribution in [2.24, 2.45) is 11.1 Å². The molecule has 1 saturated carbocycles. The first kappa shape index (κ1) is 20.3. The molecule has 0 radical (unpaired) electrons. The Kier molecular flexibility index (Phi) is 5.64. The second-order valence-corrected chi connectivity index (χ2v) is 9.80. The molecule has 7 heteroatoms. The summed E-state index contributed by atoms with van der Waals surface area (Å²) in [7, 11) is -3.68. The lowest BCUT2D eigenvalue weighted by molar-refractivity contribution is 0.121. The van der Waals surface area contributed by atoms with Crippen LogP contribution in [-0.4, -0.2) is 31.9 Å². The van der Waals surface area contributed by atoms with Gasteiger partial charge in [-0.25, -0.2) is 8.42 Å². The van der Waals surface area contributed by atoms with E-state index in [1.807, 2.05) is 38.1 Å². The summed E-state index contributed by atoms with van der Waals surface area (Å²) in [5, 5.41) is -0.285. The van der Waals surface area contributed by atoms with Gasteiger partial charge in [0.1, 0.15) is 0 Å². The van der Waals surface area contributed by atoms with Gasteiger partial charge in [0, 0.05) is 17.5 Å². The number of benzene rings is 2. The highest BCUT2D eigenvalue weighted by Gasteiger charge is 2.73. The van der Waals surface area contributed by atoms with Crippen LogP contribution in [0.1, 0.15) is 24.0 Å². The summed E-state index contributed by atoms with van der Waals surface area (Å²) in [6.45, 7) is 4.48. The van der Waals surface area contributed by atoms with Crippen molar-refractivity contribution < 1.29 is 13.2 Å². The average molecular weight is 424 g/mol. The standard InChI is InChI=1S/C20H22ClNO3S2/c1-3-25-12-20(19(22)26)17(14-6-4-13(2)5-7-14)18(20)27(23,24)16-10-8-15(21)9-11-16/h4-11,17-18H,3,12H2,1-2H3,(H2,22,26)/t17-,18+,20-/m1/s1. The number of ether oxygens (including phenoxy) is 1. The maximum absolute atomic E-state index is 13.4. The van der Waals surface area contributed by atoms with Crippen LogP contribution in [0, 0.1) is 12.3 Å². The maximum Gasteiger partial charge on any atom is 0.182 e. The Morgan fingerprint density at radius 3 is 2.30 bits per heavy atom. The van der Waals surface area contributed by atoms with E-state index in [0.29, 0.717) is 11.6 Å². The molecule has 0 aliphatic heterocycles. The van der Waals surface area contributed by atoms with Crippen molar-refractivity contribution in [2.45, 2.75) is 29.9 Å². The third-order valence-corrected chi connectivity index (χ3v) is 8.10. The molecule has 0 bridgehead atoms. The van der Waals surface area contributed by atoms with Gasteiger partial charge in [0.2, 0.25) is 0 Å². The van der Waals surface area contributed by atoms with E-state index in [1.165, 1.54) is 12.1 Å². The molecular weight excluding hydrogens is 402 g/mol. The fraction of sp³-hybridized carbons (Fsp3) is 0.350. The lowest BCUT2D eigenvalue weighted by Gasteiger charge is -2.17. The lowest BCUT2D eigenvalue weighted by Crippen LogP contribution is -2.33. The summed E-state index contributed by atoms with van der Waals surface area (Å²) in [5.74, 6) is -0.345. The smallest absolute Gasteiger partial charge is 0.182 e. The topological polar surface area (TPSA) is 69.4 Å². The number of hydrogen-bond donors (Lipinski definition) is 1. The van der Waals surface area contributed by atoms with Crippen molar-refractivity contribution in [3.05, 3.63) is 64.7 Å². The average Bonchev–Trinajstić information content (AvgIpc) is 3.32. The van der Waals surface area contributed by atoms with Gasteiger partial charge >= 0.3 is 0 Å². The highest BCUT2D eigenvalue weighted by Crippen LogP contribution is 2.64. The minimum Gasteiger partial charge on any atom is -0.393 e. The maximum atomic E-state index is 13.4. The summed E-state index contributed by atoms with van der Waals surface area (Å²) in [5.41, 5.74) is 7.17. The van der Waals surface area contributed by atoms with Crippen molar-refractivity contribution >= 4 is 38.6 Å². The summed E-state index contributed by atoms with van der Waals surface area (Å²) in [6, 6.07) is 14.0. The normalized spacial score (nSPS) is 24.6. The van der Waals surface area contributed by atoms with E-state index < -0.39 is 20.5 Å². The third-order valence-electron chi connectivity index (χ3n) is 5.17. The molecule has 2 aromatic rings. The molecule has 0 aromatic heterocycles. The molecule has 2 aromatic carbocycles. The molecule has 0 heterocycles. The number of nitrogens with two attached hydrogens (primary N) is 1. The minimum absolute atomic E-state index is 0.170. The highest BCUT2D eigenvalue weighted by molar-refractivity contribution is 7.92. The van der Waals surface area contributed by atoms with Gasteiger partial charge in [-0.2, -0.15) is 0 Å². The first-order valence-electron chi connectivity index (χ1n) is 8.69.